The van der Waals surface area contributed by atoms with E-state index in [0.29, 0.717) is 23.7 Å². The van der Waals surface area contributed by atoms with Crippen molar-refractivity contribution in [3.63, 3.8) is 0 Å². The average molecular weight is 493 g/mol. The van der Waals surface area contributed by atoms with Crippen molar-refractivity contribution in [2.24, 2.45) is 0 Å². The van der Waals surface area contributed by atoms with Crippen LogP contribution in [0.2, 0.25) is 5.02 Å². The van der Waals surface area contributed by atoms with Crippen LogP contribution < -0.4 is 10.1 Å². The van der Waals surface area contributed by atoms with Crippen LogP contribution in [0.3, 0.4) is 0 Å². The van der Waals surface area contributed by atoms with Gasteiger partial charge in [-0.1, -0.05) is 91.7 Å². The molecule has 1 N–H and O–H groups in total. The Bertz CT molecular complexity index is 1100. The molecular weight excluding hydrogens is 460 g/mol. The molecule has 1 unspecified atom stereocenters. The first-order valence-electron chi connectivity index (χ1n) is 12.0. The molecule has 35 heavy (non-hydrogen) atoms. The molecule has 1 atom stereocenters. The van der Waals surface area contributed by atoms with Gasteiger partial charge in [-0.2, -0.15) is 0 Å². The second kappa shape index (κ2) is 13.5. The Morgan fingerprint density at radius 3 is 2.37 bits per heavy atom. The molecule has 5 nitrogen and oxygen atoms in total. The number of nitrogens with one attached hydrogen (secondary N) is 1. The topological polar surface area (TPSA) is 58.6 Å². The second-order valence-corrected chi connectivity index (χ2v) is 8.92. The zero-order chi connectivity index (χ0) is 25.0. The summed E-state index contributed by atoms with van der Waals surface area (Å²) in [6.45, 7) is 4.59. The third-order valence-corrected chi connectivity index (χ3v) is 6.21. The lowest BCUT2D eigenvalue weighted by Crippen LogP contribution is -2.51. The van der Waals surface area contributed by atoms with Crippen LogP contribution in [0, 0.1) is 6.92 Å². The number of unbranched alkanes of at least 4 members (excludes halogenated alkanes) is 1. The van der Waals surface area contributed by atoms with Crippen molar-refractivity contribution < 1.29 is 14.3 Å². The first kappa shape index (κ1) is 26.3. The first-order valence-corrected chi connectivity index (χ1v) is 12.4. The van der Waals surface area contributed by atoms with Crippen LogP contribution in [-0.4, -0.2) is 35.9 Å². The first-order chi connectivity index (χ1) is 17.0. The van der Waals surface area contributed by atoms with Gasteiger partial charge < -0.3 is 15.0 Å². The highest BCUT2D eigenvalue weighted by Crippen LogP contribution is 2.21. The Labute approximate surface area is 213 Å². The molecule has 3 rings (SSSR count). The summed E-state index contributed by atoms with van der Waals surface area (Å²) in [5.41, 5.74) is 2.69. The molecule has 0 fully saturated rings. The summed E-state index contributed by atoms with van der Waals surface area (Å²) < 4.78 is 5.87. The normalized spacial score (nSPS) is 11.5. The Hall–Kier alpha value is -3.31. The fraction of sp³-hybridized carbons (Fsp3) is 0.310. The number of carbonyl (C=O) groups excluding carboxylic acids is 2. The number of nitrogens with zero attached hydrogens (tertiary/aromatic N) is 1. The predicted octanol–water partition coefficient (Wildman–Crippen LogP) is 5.58. The number of para-hydroxylation sites is 1. The highest BCUT2D eigenvalue weighted by Gasteiger charge is 2.31. The van der Waals surface area contributed by atoms with Crippen molar-refractivity contribution in [1.29, 1.82) is 0 Å². The van der Waals surface area contributed by atoms with E-state index >= 15 is 0 Å². The second-order valence-electron chi connectivity index (χ2n) is 8.52. The van der Waals surface area contributed by atoms with Gasteiger partial charge in [0.25, 0.3) is 5.91 Å². The fourth-order valence-electron chi connectivity index (χ4n) is 3.81. The van der Waals surface area contributed by atoms with E-state index < -0.39 is 6.04 Å². The van der Waals surface area contributed by atoms with Gasteiger partial charge in [0.2, 0.25) is 5.91 Å². The third-order valence-electron chi connectivity index (χ3n) is 5.84. The summed E-state index contributed by atoms with van der Waals surface area (Å²) in [6.07, 6.45) is 2.23. The standard InChI is InChI=1S/C29H33ClN2O3/c1-3-4-18-31-29(34)26(19-23-13-6-5-7-14-23)32(20-24-15-9-10-16-25(24)30)28(33)21-35-27-17-11-8-12-22(27)2/h5-17,26H,3-4,18-21H2,1-2H3,(H,31,34). The van der Waals surface area contributed by atoms with Gasteiger partial charge in [0.05, 0.1) is 0 Å². The molecule has 0 aromatic heterocycles. The van der Waals surface area contributed by atoms with E-state index in [-0.39, 0.29) is 25.0 Å². The van der Waals surface area contributed by atoms with Gasteiger partial charge in [0.15, 0.2) is 6.61 Å². The van der Waals surface area contributed by atoms with Gasteiger partial charge in [-0.05, 0) is 42.2 Å². The molecule has 0 radical (unpaired) electrons. The van der Waals surface area contributed by atoms with Crippen molar-refractivity contribution in [2.75, 3.05) is 13.2 Å². The minimum atomic E-state index is -0.710. The Morgan fingerprint density at radius 2 is 1.66 bits per heavy atom. The summed E-state index contributed by atoms with van der Waals surface area (Å²) in [6, 6.07) is 24.0. The number of rotatable bonds is 12. The van der Waals surface area contributed by atoms with Crippen LogP contribution >= 0.6 is 11.6 Å². The maximum Gasteiger partial charge on any atom is 0.261 e. The van der Waals surface area contributed by atoms with Gasteiger partial charge in [0.1, 0.15) is 11.8 Å². The lowest BCUT2D eigenvalue weighted by molar-refractivity contribution is -0.142. The van der Waals surface area contributed by atoms with Crippen LogP contribution in [0.1, 0.15) is 36.5 Å². The SMILES string of the molecule is CCCCNC(=O)C(Cc1ccccc1)N(Cc1ccccc1Cl)C(=O)COc1ccccc1C. The summed E-state index contributed by atoms with van der Waals surface area (Å²) in [7, 11) is 0. The van der Waals surface area contributed by atoms with E-state index in [1.165, 1.54) is 0 Å². The maximum absolute atomic E-state index is 13.6. The monoisotopic (exact) mass is 492 g/mol. The Kier molecular flexibility index (Phi) is 10.2. The molecule has 0 aliphatic rings. The van der Waals surface area contributed by atoms with Crippen LogP contribution in [0.25, 0.3) is 0 Å². The van der Waals surface area contributed by atoms with E-state index in [4.69, 9.17) is 16.3 Å². The molecule has 0 aliphatic carbocycles. The summed E-state index contributed by atoms with van der Waals surface area (Å²) in [5, 5.41) is 3.57. The van der Waals surface area contributed by atoms with E-state index in [1.54, 1.807) is 11.0 Å². The van der Waals surface area contributed by atoms with Gasteiger partial charge in [-0.3, -0.25) is 9.59 Å². The van der Waals surface area contributed by atoms with Crippen LogP contribution in [0.15, 0.2) is 78.9 Å². The number of benzene rings is 3. The minimum absolute atomic E-state index is 0.178. The number of amides is 2. The van der Waals surface area contributed by atoms with Crippen molar-refractivity contribution in [3.05, 3.63) is 101 Å². The van der Waals surface area contributed by atoms with Gasteiger partial charge in [0, 0.05) is 24.5 Å². The van der Waals surface area contributed by atoms with Gasteiger partial charge >= 0.3 is 0 Å². The summed E-state index contributed by atoms with van der Waals surface area (Å²) in [4.78, 5) is 28.6. The maximum atomic E-state index is 13.6. The number of halogens is 1. The van der Waals surface area contributed by atoms with Crippen LogP contribution in [0.5, 0.6) is 5.75 Å². The molecule has 0 saturated carbocycles. The molecule has 0 heterocycles. The van der Waals surface area contributed by atoms with Crippen molar-refractivity contribution in [3.8, 4) is 5.75 Å². The minimum Gasteiger partial charge on any atom is -0.484 e. The van der Waals surface area contributed by atoms with Crippen LogP contribution in [-0.2, 0) is 22.6 Å². The number of aryl methyl sites for hydroxylation is 1. The largest absolute Gasteiger partial charge is 0.484 e. The third kappa shape index (κ3) is 7.86. The fourth-order valence-corrected chi connectivity index (χ4v) is 4.01. The molecule has 0 saturated heterocycles. The molecule has 3 aromatic rings. The summed E-state index contributed by atoms with van der Waals surface area (Å²) >= 11 is 6.44. The van der Waals surface area contributed by atoms with E-state index in [1.807, 2.05) is 79.7 Å². The van der Waals surface area contributed by atoms with E-state index in [2.05, 4.69) is 12.2 Å². The van der Waals surface area contributed by atoms with E-state index in [9.17, 15) is 9.59 Å². The molecule has 0 bridgehead atoms. The number of carbonyl (C=O) groups is 2. The zero-order valence-electron chi connectivity index (χ0n) is 20.4. The Balaban J connectivity index is 1.90. The average Bonchev–Trinajstić information content (AvgIpc) is 2.87. The zero-order valence-corrected chi connectivity index (χ0v) is 21.1. The van der Waals surface area contributed by atoms with Crippen molar-refractivity contribution >= 4 is 23.4 Å². The number of hydrogen-bond donors (Lipinski definition) is 1. The smallest absolute Gasteiger partial charge is 0.261 e. The molecule has 0 aliphatic heterocycles. The van der Waals surface area contributed by atoms with Crippen LogP contribution in [0.4, 0.5) is 0 Å². The molecule has 0 spiro atoms. The number of ether oxygens (including phenoxy) is 1. The quantitative estimate of drug-likeness (QED) is 0.335. The molecular formula is C29H33ClN2O3. The highest BCUT2D eigenvalue weighted by molar-refractivity contribution is 6.31. The van der Waals surface area contributed by atoms with Crippen molar-refractivity contribution in [2.45, 2.75) is 45.7 Å². The lowest BCUT2D eigenvalue weighted by atomic mass is 10.0. The van der Waals surface area contributed by atoms with E-state index in [0.717, 1.165) is 29.5 Å². The molecule has 6 heteroatoms. The molecule has 184 valence electrons. The molecule has 3 aromatic carbocycles. The lowest BCUT2D eigenvalue weighted by Gasteiger charge is -2.31. The Morgan fingerprint density at radius 1 is 0.971 bits per heavy atom. The van der Waals surface area contributed by atoms with Gasteiger partial charge in [-0.15, -0.1) is 0 Å². The van der Waals surface area contributed by atoms with Crippen molar-refractivity contribution in [1.82, 2.24) is 10.2 Å². The van der Waals surface area contributed by atoms with Gasteiger partial charge in [-0.25, -0.2) is 0 Å². The predicted molar refractivity (Wildman–Crippen MR) is 141 cm³/mol. The number of hydrogen-bond acceptors (Lipinski definition) is 3. The summed E-state index contributed by atoms with van der Waals surface area (Å²) in [5.74, 6) is 0.184. The molecule has 2 amide bonds. The highest BCUT2D eigenvalue weighted by atomic mass is 35.5.